The SMILES string of the molecule is NC1CCC(CNc2nc(NCC(=O)N3CCC(C=O)CC3)ncc2[N+](=O)[O-])CC1.NC1CCC(CNc2nc(NCC(=O)N3CCC(O)CC3)ncc2[N+](=O)[O-])CC1.NC1CCC(CNc2nc(NCC(=O)N3CCNCC3)ncc2[N+](=O)[O-])CC1.NC1CCC(CNc2nc(NCC(=O)N3CC[C@H](O)C3)ncc2[N+](=O)[O-])CC1. The fourth-order valence-corrected chi connectivity index (χ4v) is 14.8. The predicted molar refractivity (Wildman–Crippen MR) is 426 cm³/mol. The Morgan fingerprint density at radius 2 is 0.635 bits per heavy atom. The van der Waals surface area contributed by atoms with E-state index in [0.29, 0.717) is 134 Å². The Labute approximate surface area is 665 Å². The molecule has 4 saturated carbocycles. The minimum absolute atomic E-state index is 0.00609. The van der Waals surface area contributed by atoms with Crippen LogP contribution in [0, 0.1) is 70.0 Å². The van der Waals surface area contributed by atoms with Gasteiger partial charge in [-0.1, -0.05) is 0 Å². The van der Waals surface area contributed by atoms with Gasteiger partial charge in [0, 0.05) is 122 Å². The molecule has 8 heterocycles. The lowest BCUT2D eigenvalue weighted by molar-refractivity contribution is -0.384. The largest absolute Gasteiger partial charge is 0.393 e. The summed E-state index contributed by atoms with van der Waals surface area (Å²) in [6.07, 6.45) is 23.3. The van der Waals surface area contributed by atoms with Crippen LogP contribution < -0.4 is 70.8 Å². The van der Waals surface area contributed by atoms with Gasteiger partial charge in [0.1, 0.15) is 31.1 Å². The van der Waals surface area contributed by atoms with E-state index in [2.05, 4.69) is 87.7 Å². The maximum Gasteiger partial charge on any atom is 0.329 e. The van der Waals surface area contributed by atoms with Gasteiger partial charge in [-0.2, -0.15) is 19.9 Å². The number of aldehydes is 1. The molecule has 8 aliphatic rings. The van der Waals surface area contributed by atoms with Gasteiger partial charge in [0.05, 0.1) is 58.1 Å². The summed E-state index contributed by atoms with van der Waals surface area (Å²) in [6, 6.07) is 0.992. The zero-order valence-corrected chi connectivity index (χ0v) is 65.0. The van der Waals surface area contributed by atoms with E-state index in [1.165, 1.54) is 6.20 Å². The number of hydrogen-bond donors (Lipinski definition) is 15. The van der Waals surface area contributed by atoms with Crippen LogP contribution in [0.2, 0.25) is 0 Å². The Hall–Kier alpha value is -10.4. The molecule has 8 fully saturated rings. The Kier molecular flexibility index (Phi) is 34.7. The molecule has 0 bridgehead atoms. The smallest absolute Gasteiger partial charge is 0.329 e. The Bertz CT molecular complexity index is 3740. The number of piperazine rings is 1. The van der Waals surface area contributed by atoms with E-state index in [1.807, 2.05) is 0 Å². The molecule has 4 aromatic rings. The number of aromatic nitrogens is 8. The van der Waals surface area contributed by atoms with Crippen LogP contribution in [0.1, 0.15) is 135 Å². The number of nitrogens with zero attached hydrogens (tertiary/aromatic N) is 16. The summed E-state index contributed by atoms with van der Waals surface area (Å²) in [7, 11) is 0. The van der Waals surface area contributed by atoms with Crippen molar-refractivity contribution in [3.8, 4) is 0 Å². The van der Waals surface area contributed by atoms with Crippen molar-refractivity contribution >= 4 is 99.7 Å². The fourth-order valence-electron chi connectivity index (χ4n) is 14.8. The Morgan fingerprint density at radius 1 is 0.383 bits per heavy atom. The summed E-state index contributed by atoms with van der Waals surface area (Å²) in [6.45, 7) is 8.18. The maximum atomic E-state index is 12.4. The number of aliphatic hydroxyl groups excluding tert-OH is 2. The summed E-state index contributed by atoms with van der Waals surface area (Å²) in [4.78, 5) is 142. The van der Waals surface area contributed by atoms with Crippen LogP contribution >= 0.6 is 0 Å². The minimum atomic E-state index is -0.528. The van der Waals surface area contributed by atoms with Crippen molar-refractivity contribution in [2.24, 2.45) is 52.5 Å². The standard InChI is InChI=1S/C19H29N7O4.C18H29N7O4.C17H28N8O3.C17H27N7O4/c20-15-3-1-13(2-4-15)9-21-18-16(26(29)30)10-22-19(24-18)23-11-17(28)25-7-5-14(12-27)6-8-25;19-13-3-1-12(2-4-13)9-20-17-15(25(28)29)10-21-18(23-17)22-11-16(27)24-7-5-14(26)6-8-24;18-13-3-1-12(2-4-13)9-20-16-14(25(27)28)10-21-17(23-16)22-11-15(26)24-7-5-19-6-8-24;18-12-3-1-11(2-4-12)7-19-16-14(24(27)28)8-20-17(22-16)21-9-15(26)23-6-5-13(25)10-23/h10,12-15H,1-9,11,20H2,(H2,21,22,23,24);10,12-14,26H,1-9,11,19H2,(H2,20,21,22,23);10,12-13,19H,1-9,11,18H2,(H2,20,21,22,23);8,11-13,25H,1-7,9-10,18H2,(H2,19,20,21,22)/t;;;11?,12?,13-/m...0/s1. The summed E-state index contributed by atoms with van der Waals surface area (Å²) < 4.78 is 0. The van der Waals surface area contributed by atoms with E-state index < -0.39 is 25.8 Å². The van der Waals surface area contributed by atoms with Gasteiger partial charge >= 0.3 is 22.7 Å². The van der Waals surface area contributed by atoms with E-state index in [0.717, 1.165) is 141 Å². The van der Waals surface area contributed by atoms with Gasteiger partial charge in [0.25, 0.3) is 0 Å². The first-order valence-electron chi connectivity index (χ1n) is 39.9. The highest BCUT2D eigenvalue weighted by atomic mass is 16.6. The van der Waals surface area contributed by atoms with E-state index >= 15 is 0 Å². The molecular formula is C71H113N29O15. The number of nitro groups is 4. The van der Waals surface area contributed by atoms with Crippen molar-refractivity contribution in [1.82, 2.24) is 64.8 Å². The summed E-state index contributed by atoms with van der Waals surface area (Å²) in [5.74, 6) is 2.44. The number of hydrogen-bond acceptors (Lipinski definition) is 36. The number of β-amino-alcohol motifs (C(OH)–C–C–N with tert-alkyl or cyclic N) is 1. The maximum absolute atomic E-state index is 12.4. The highest BCUT2D eigenvalue weighted by Crippen LogP contribution is 2.32. The molecule has 12 rings (SSSR count). The second-order valence-electron chi connectivity index (χ2n) is 30.7. The van der Waals surface area contributed by atoms with Crippen molar-refractivity contribution in [1.29, 1.82) is 0 Å². The van der Waals surface area contributed by atoms with E-state index in [9.17, 15) is 74.6 Å². The molecule has 632 valence electrons. The molecule has 4 aliphatic carbocycles. The van der Waals surface area contributed by atoms with Crippen molar-refractivity contribution in [2.75, 3.05) is 160 Å². The lowest BCUT2D eigenvalue weighted by atomic mass is 9.86. The normalized spacial score (nSPS) is 23.1. The zero-order valence-electron chi connectivity index (χ0n) is 65.0. The number of amides is 4. The van der Waals surface area contributed by atoms with Crippen LogP contribution in [-0.4, -0.2) is 273 Å². The third-order valence-electron chi connectivity index (χ3n) is 22.1. The average molecular weight is 1610 g/mol. The molecule has 0 aromatic carbocycles. The number of rotatable bonds is 29. The summed E-state index contributed by atoms with van der Waals surface area (Å²) in [5.41, 5.74) is 22.9. The van der Waals surface area contributed by atoms with Gasteiger partial charge in [0.15, 0.2) is 0 Å². The van der Waals surface area contributed by atoms with Gasteiger partial charge in [-0.15, -0.1) is 0 Å². The number of carbonyl (C=O) groups is 5. The quantitative estimate of drug-likeness (QED) is 0.0211. The van der Waals surface area contributed by atoms with Crippen molar-refractivity contribution in [3.05, 3.63) is 65.2 Å². The third kappa shape index (κ3) is 28.8. The molecule has 4 aliphatic heterocycles. The molecule has 0 spiro atoms. The molecule has 0 unspecified atom stereocenters. The number of nitrogens with one attached hydrogen (secondary N) is 9. The van der Waals surface area contributed by atoms with Gasteiger partial charge in [-0.25, -0.2) is 19.9 Å². The van der Waals surface area contributed by atoms with Crippen LogP contribution in [0.3, 0.4) is 0 Å². The molecule has 4 saturated heterocycles. The highest BCUT2D eigenvalue weighted by Gasteiger charge is 2.31. The van der Waals surface area contributed by atoms with E-state index in [1.54, 1.807) is 19.6 Å². The first-order valence-corrected chi connectivity index (χ1v) is 39.9. The topological polar surface area (TPSA) is 627 Å². The first kappa shape index (κ1) is 88.5. The van der Waals surface area contributed by atoms with Crippen LogP contribution in [-0.2, 0) is 24.0 Å². The van der Waals surface area contributed by atoms with Crippen molar-refractivity contribution in [2.45, 2.75) is 171 Å². The molecule has 44 nitrogen and oxygen atoms in total. The molecule has 19 N–H and O–H groups in total. The van der Waals surface area contributed by atoms with Gasteiger partial charge in [-0.05, 0) is 159 Å². The average Bonchev–Trinajstić information content (AvgIpc) is 1.24. The zero-order chi connectivity index (χ0) is 82.3. The number of aliphatic hydroxyl groups is 2. The van der Waals surface area contributed by atoms with Crippen LogP contribution in [0.4, 0.5) is 69.8 Å². The first-order chi connectivity index (χ1) is 55.3. The Balaban J connectivity index is 0.000000175. The molecule has 1 atom stereocenters. The summed E-state index contributed by atoms with van der Waals surface area (Å²) >= 11 is 0. The number of anilines is 8. The molecule has 115 heavy (non-hydrogen) atoms. The second-order valence-corrected chi connectivity index (χ2v) is 30.7. The second kappa shape index (κ2) is 45.0. The van der Waals surface area contributed by atoms with Gasteiger partial charge in [-0.3, -0.25) is 59.6 Å². The monoisotopic (exact) mass is 1610 g/mol. The number of piperidine rings is 2. The van der Waals surface area contributed by atoms with Gasteiger partial charge in [0.2, 0.25) is 70.7 Å². The van der Waals surface area contributed by atoms with Crippen LogP contribution in [0.15, 0.2) is 24.8 Å². The third-order valence-corrected chi connectivity index (χ3v) is 22.1. The number of carbonyl (C=O) groups excluding carboxylic acids is 5. The summed E-state index contributed by atoms with van der Waals surface area (Å²) in [5, 5.41) is 91.1. The lowest BCUT2D eigenvalue weighted by Gasteiger charge is -2.29. The number of nitrogens with two attached hydrogens (primary N) is 4. The predicted octanol–water partition coefficient (Wildman–Crippen LogP) is 2.35. The van der Waals surface area contributed by atoms with Gasteiger partial charge < -0.3 is 105 Å². The molecule has 4 amide bonds. The minimum Gasteiger partial charge on any atom is -0.393 e. The van der Waals surface area contributed by atoms with Crippen LogP contribution in [0.5, 0.6) is 0 Å². The van der Waals surface area contributed by atoms with E-state index in [-0.39, 0.29) is 156 Å². The van der Waals surface area contributed by atoms with E-state index in [4.69, 9.17) is 22.9 Å². The Morgan fingerprint density at radius 3 is 0.896 bits per heavy atom. The fraction of sp³-hybridized carbons (Fsp3) is 0.704. The molecule has 0 radical (unpaired) electrons. The van der Waals surface area contributed by atoms with Crippen molar-refractivity contribution in [3.63, 3.8) is 0 Å². The number of likely N-dealkylation sites (tertiary alicyclic amines) is 3. The van der Waals surface area contributed by atoms with Crippen molar-refractivity contribution < 1.29 is 53.9 Å². The lowest BCUT2D eigenvalue weighted by Crippen LogP contribution is -2.48. The molecule has 4 aromatic heterocycles. The highest BCUT2D eigenvalue weighted by molar-refractivity contribution is 5.82. The molecule has 44 heteroatoms. The molecular weight excluding hydrogens is 1500 g/mol. The van der Waals surface area contributed by atoms with Crippen LogP contribution in [0.25, 0.3) is 0 Å².